The fourth-order valence-electron chi connectivity index (χ4n) is 4.41. The van der Waals surface area contributed by atoms with Gasteiger partial charge in [0.1, 0.15) is 0 Å². The number of aryl methyl sites for hydroxylation is 1. The molecular formula is C22H25ClN6O4. The standard InChI is InChI=1S/C22H25ClN6O4/c1-27-18-8-15(23)11-24-19(18)29(21(31)20(27)30)16-2-5-28(6-3-16)22-25-9-14(10-26-22)12-33-17-4-7-32-13-17/h8-11,16-17H,2-7,12-13H2,1H3. The number of hydrogen-bond donors (Lipinski definition) is 0. The van der Waals surface area contributed by atoms with Crippen molar-refractivity contribution in [1.29, 1.82) is 0 Å². The summed E-state index contributed by atoms with van der Waals surface area (Å²) in [7, 11) is 1.56. The molecule has 0 aromatic carbocycles. The van der Waals surface area contributed by atoms with E-state index in [-0.39, 0.29) is 12.1 Å². The second-order valence-corrected chi connectivity index (χ2v) is 8.88. The highest BCUT2D eigenvalue weighted by Crippen LogP contribution is 2.26. The number of pyridine rings is 1. The van der Waals surface area contributed by atoms with Crippen molar-refractivity contribution < 1.29 is 9.47 Å². The van der Waals surface area contributed by atoms with Crippen LogP contribution in [0.2, 0.25) is 5.02 Å². The normalized spacial score (nSPS) is 19.5. The van der Waals surface area contributed by atoms with Crippen molar-refractivity contribution in [2.75, 3.05) is 31.2 Å². The van der Waals surface area contributed by atoms with Gasteiger partial charge in [-0.15, -0.1) is 0 Å². The van der Waals surface area contributed by atoms with E-state index >= 15 is 0 Å². The number of ether oxygens (including phenoxy) is 2. The largest absolute Gasteiger partial charge is 0.379 e. The minimum absolute atomic E-state index is 0.139. The lowest BCUT2D eigenvalue weighted by Crippen LogP contribution is -2.45. The van der Waals surface area contributed by atoms with Gasteiger partial charge in [-0.25, -0.2) is 15.0 Å². The lowest BCUT2D eigenvalue weighted by molar-refractivity contribution is 0.0315. The molecule has 3 aromatic heterocycles. The van der Waals surface area contributed by atoms with Crippen LogP contribution in [0.4, 0.5) is 5.95 Å². The summed E-state index contributed by atoms with van der Waals surface area (Å²) in [5.41, 5.74) is 0.785. The van der Waals surface area contributed by atoms with E-state index in [0.29, 0.717) is 61.3 Å². The summed E-state index contributed by atoms with van der Waals surface area (Å²) in [6.07, 6.45) is 7.47. The second kappa shape index (κ2) is 9.20. The summed E-state index contributed by atoms with van der Waals surface area (Å²) >= 11 is 6.07. The van der Waals surface area contributed by atoms with Gasteiger partial charge < -0.3 is 18.9 Å². The predicted octanol–water partition coefficient (Wildman–Crippen LogP) is 1.69. The Bertz CT molecular complexity index is 1260. The van der Waals surface area contributed by atoms with Crippen LogP contribution in [0.5, 0.6) is 0 Å². The van der Waals surface area contributed by atoms with Crippen molar-refractivity contribution in [3.05, 3.63) is 56.0 Å². The summed E-state index contributed by atoms with van der Waals surface area (Å²) in [5.74, 6) is 0.646. The molecule has 2 saturated heterocycles. The summed E-state index contributed by atoms with van der Waals surface area (Å²) in [4.78, 5) is 40.8. The van der Waals surface area contributed by atoms with Gasteiger partial charge in [0.15, 0.2) is 5.65 Å². The minimum atomic E-state index is -0.584. The number of piperidine rings is 1. The average molecular weight is 473 g/mol. The molecule has 11 heteroatoms. The number of nitrogens with zero attached hydrogens (tertiary/aromatic N) is 6. The zero-order valence-electron chi connectivity index (χ0n) is 18.3. The van der Waals surface area contributed by atoms with E-state index in [1.807, 2.05) is 0 Å². The first-order valence-corrected chi connectivity index (χ1v) is 11.4. The van der Waals surface area contributed by atoms with E-state index in [2.05, 4.69) is 19.9 Å². The molecule has 33 heavy (non-hydrogen) atoms. The summed E-state index contributed by atoms with van der Waals surface area (Å²) < 4.78 is 14.0. The Morgan fingerprint density at radius 1 is 1.09 bits per heavy atom. The summed E-state index contributed by atoms with van der Waals surface area (Å²) in [6.45, 7) is 3.18. The van der Waals surface area contributed by atoms with Crippen LogP contribution < -0.4 is 16.0 Å². The lowest BCUT2D eigenvalue weighted by Gasteiger charge is -2.33. The van der Waals surface area contributed by atoms with Gasteiger partial charge in [0.05, 0.1) is 29.9 Å². The number of rotatable bonds is 5. The number of hydrogen-bond acceptors (Lipinski definition) is 8. The molecule has 10 nitrogen and oxygen atoms in total. The van der Waals surface area contributed by atoms with Gasteiger partial charge in [0, 0.05) is 56.9 Å². The highest BCUT2D eigenvalue weighted by Gasteiger charge is 2.26. The van der Waals surface area contributed by atoms with Gasteiger partial charge in [-0.1, -0.05) is 11.6 Å². The molecule has 5 heterocycles. The Kier molecular flexibility index (Phi) is 6.13. The van der Waals surface area contributed by atoms with Gasteiger partial charge in [-0.05, 0) is 25.3 Å². The van der Waals surface area contributed by atoms with Crippen molar-refractivity contribution in [3.8, 4) is 0 Å². The number of anilines is 1. The van der Waals surface area contributed by atoms with Crippen LogP contribution in [0.15, 0.2) is 34.2 Å². The number of halogens is 1. The smallest absolute Gasteiger partial charge is 0.318 e. The van der Waals surface area contributed by atoms with Gasteiger partial charge in [0.2, 0.25) is 5.95 Å². The van der Waals surface area contributed by atoms with Gasteiger partial charge in [-0.2, -0.15) is 0 Å². The summed E-state index contributed by atoms with van der Waals surface area (Å²) in [5, 5.41) is 0.417. The first kappa shape index (κ1) is 22.0. The Morgan fingerprint density at radius 3 is 2.55 bits per heavy atom. The van der Waals surface area contributed by atoms with Gasteiger partial charge >= 0.3 is 11.1 Å². The van der Waals surface area contributed by atoms with Crippen molar-refractivity contribution >= 4 is 28.7 Å². The first-order chi connectivity index (χ1) is 16.0. The van der Waals surface area contributed by atoms with E-state index in [1.54, 1.807) is 25.5 Å². The molecule has 2 aliphatic heterocycles. The molecule has 0 spiro atoms. The molecule has 0 bridgehead atoms. The molecule has 2 fully saturated rings. The van der Waals surface area contributed by atoms with Crippen molar-refractivity contribution in [3.63, 3.8) is 0 Å². The van der Waals surface area contributed by atoms with Crippen LogP contribution in [0.1, 0.15) is 30.9 Å². The fraction of sp³-hybridized carbons (Fsp3) is 0.500. The first-order valence-electron chi connectivity index (χ1n) is 11.0. The third-order valence-electron chi connectivity index (χ3n) is 6.29. The van der Waals surface area contributed by atoms with Crippen LogP contribution in [0.25, 0.3) is 11.2 Å². The van der Waals surface area contributed by atoms with E-state index in [4.69, 9.17) is 21.1 Å². The van der Waals surface area contributed by atoms with E-state index < -0.39 is 11.1 Å². The van der Waals surface area contributed by atoms with E-state index in [9.17, 15) is 9.59 Å². The molecule has 1 unspecified atom stereocenters. The van der Waals surface area contributed by atoms with Crippen LogP contribution in [0, 0.1) is 0 Å². The minimum Gasteiger partial charge on any atom is -0.379 e. The molecule has 1 atom stereocenters. The van der Waals surface area contributed by atoms with Crippen molar-refractivity contribution in [1.82, 2.24) is 24.1 Å². The SMILES string of the molecule is Cn1c(=O)c(=O)n(C2CCN(c3ncc(COC4CCOC4)cn3)CC2)c2ncc(Cl)cc21. The predicted molar refractivity (Wildman–Crippen MR) is 123 cm³/mol. The Hall–Kier alpha value is -2.82. The maximum atomic E-state index is 12.8. The lowest BCUT2D eigenvalue weighted by atomic mass is 10.0. The van der Waals surface area contributed by atoms with Gasteiger partial charge in [-0.3, -0.25) is 14.2 Å². The van der Waals surface area contributed by atoms with Crippen molar-refractivity contribution in [2.45, 2.75) is 38.0 Å². The van der Waals surface area contributed by atoms with Crippen LogP contribution in [-0.2, 0) is 23.1 Å². The monoisotopic (exact) mass is 472 g/mol. The average Bonchev–Trinajstić information content (AvgIpc) is 3.36. The second-order valence-electron chi connectivity index (χ2n) is 8.44. The highest BCUT2D eigenvalue weighted by molar-refractivity contribution is 6.31. The topological polar surface area (TPSA) is 104 Å². The molecule has 0 saturated carbocycles. The Labute approximate surface area is 194 Å². The van der Waals surface area contributed by atoms with E-state index in [1.165, 1.54) is 15.3 Å². The highest BCUT2D eigenvalue weighted by atomic mass is 35.5. The molecule has 174 valence electrons. The molecule has 3 aromatic rings. The molecule has 0 amide bonds. The third-order valence-corrected chi connectivity index (χ3v) is 6.49. The number of aromatic nitrogens is 5. The molecular weight excluding hydrogens is 448 g/mol. The zero-order chi connectivity index (χ0) is 22.9. The molecule has 5 rings (SSSR count). The maximum Gasteiger partial charge on any atom is 0.318 e. The molecule has 0 N–H and O–H groups in total. The third kappa shape index (κ3) is 4.38. The van der Waals surface area contributed by atoms with Crippen molar-refractivity contribution in [2.24, 2.45) is 7.05 Å². The molecule has 2 aliphatic rings. The quantitative estimate of drug-likeness (QED) is 0.516. The zero-order valence-corrected chi connectivity index (χ0v) is 19.1. The van der Waals surface area contributed by atoms with Crippen LogP contribution in [-0.4, -0.2) is 56.5 Å². The van der Waals surface area contributed by atoms with Crippen LogP contribution >= 0.6 is 11.6 Å². The number of fused-ring (bicyclic) bond motifs is 1. The molecule has 0 aliphatic carbocycles. The van der Waals surface area contributed by atoms with Crippen LogP contribution in [0.3, 0.4) is 0 Å². The Morgan fingerprint density at radius 2 is 1.85 bits per heavy atom. The fourth-order valence-corrected chi connectivity index (χ4v) is 4.57. The van der Waals surface area contributed by atoms with E-state index in [0.717, 1.165) is 18.6 Å². The maximum absolute atomic E-state index is 12.8. The Balaban J connectivity index is 1.29. The van der Waals surface area contributed by atoms with Gasteiger partial charge in [0.25, 0.3) is 0 Å². The molecule has 0 radical (unpaired) electrons. The summed E-state index contributed by atoms with van der Waals surface area (Å²) in [6, 6.07) is 1.52.